The molecular weight excluding hydrogens is 207 g/mol. The quantitative estimate of drug-likeness (QED) is 0.486. The number of hydrogen-bond donors (Lipinski definition) is 0. The van der Waals surface area contributed by atoms with Crippen LogP contribution < -0.4 is 0 Å². The molecule has 0 spiro atoms. The molecule has 0 aliphatic carbocycles. The van der Waals surface area contributed by atoms with Gasteiger partial charge in [-0.15, -0.1) is 0 Å². The predicted molar refractivity (Wildman–Crippen MR) is 7.98 cm³/mol. The monoisotopic (exact) mass is 208 g/mol. The van der Waals surface area contributed by atoms with Gasteiger partial charge < -0.3 is 2.85 Å². The van der Waals surface area contributed by atoms with Crippen molar-refractivity contribution in [3.05, 3.63) is 0 Å². The van der Waals surface area contributed by atoms with Gasteiger partial charge in [0.25, 0.3) is 0 Å². The van der Waals surface area contributed by atoms with Crippen molar-refractivity contribution in [2.45, 2.75) is 0 Å². The molecule has 0 nitrogen and oxygen atoms in total. The van der Waals surface area contributed by atoms with Crippen LogP contribution in [0.5, 0.6) is 0 Å². The van der Waals surface area contributed by atoms with Crippen molar-refractivity contribution >= 4 is 10.1 Å². The molecular formula is H2BeCoTiZr. The Balaban J connectivity index is 0. The molecule has 0 N–H and O–H groups in total. The van der Waals surface area contributed by atoms with Crippen molar-refractivity contribution in [2.75, 3.05) is 0 Å². The summed E-state index contributed by atoms with van der Waals surface area (Å²) in [5, 5.41) is 0. The van der Waals surface area contributed by atoms with E-state index in [-0.39, 0.29) is 77.7 Å². The molecule has 0 aromatic heterocycles. The van der Waals surface area contributed by atoms with Crippen LogP contribution in [-0.4, -0.2) is 10.1 Å². The van der Waals surface area contributed by atoms with E-state index in [1.807, 2.05) is 0 Å². The second kappa shape index (κ2) is 18.6. The fourth-order valence-corrected chi connectivity index (χ4v) is 0. The number of hydrogen-bond acceptors (Lipinski definition) is 0. The average Bonchev–Trinajstić information content (AvgIpc) is 0. The maximum Gasteiger partial charge on any atom is 2.00 e. The Bertz CT molecular complexity index is 13.5. The Morgan fingerprint density at radius 2 is 1.25 bits per heavy atom. The zero-order valence-electron chi connectivity index (χ0n) is 4.04. The molecule has 0 saturated heterocycles. The summed E-state index contributed by atoms with van der Waals surface area (Å²) in [7, 11) is 0. The van der Waals surface area contributed by atoms with Crippen molar-refractivity contribution in [1.82, 2.24) is 0 Å². The van der Waals surface area contributed by atoms with E-state index in [1.165, 1.54) is 0 Å². The average molecular weight is 209 g/mol. The van der Waals surface area contributed by atoms with Crippen molar-refractivity contribution in [1.29, 1.82) is 0 Å². The Kier molecular flexibility index (Phi) is 157. The second-order valence-corrected chi connectivity index (χ2v) is 0. The number of rotatable bonds is 0. The van der Waals surface area contributed by atoms with Gasteiger partial charge in [-0.3, -0.25) is 0 Å². The molecule has 0 aliphatic rings. The van der Waals surface area contributed by atoms with Crippen molar-refractivity contribution < 1.29 is 67.6 Å². The molecule has 0 aromatic rings. The maximum atomic E-state index is 0. The minimum absolute atomic E-state index is 0. The van der Waals surface area contributed by atoms with Gasteiger partial charge in [0.05, 0.1) is 0 Å². The van der Waals surface area contributed by atoms with Crippen molar-refractivity contribution in [3.63, 3.8) is 0 Å². The molecule has 0 amide bonds. The molecule has 0 aliphatic heterocycles. The normalized spacial score (nSPS) is 0. The van der Waals surface area contributed by atoms with Gasteiger partial charge in [-0.25, -0.2) is 0 Å². The zero-order chi connectivity index (χ0) is 0. The summed E-state index contributed by atoms with van der Waals surface area (Å²) in [4.78, 5) is 0. The van der Waals surface area contributed by atoms with Gasteiger partial charge in [0.15, 0.2) is 0 Å². The summed E-state index contributed by atoms with van der Waals surface area (Å²) in [6.07, 6.45) is 0. The van der Waals surface area contributed by atoms with Gasteiger partial charge in [-0.05, 0) is 0 Å². The van der Waals surface area contributed by atoms with Crippen LogP contribution in [0.1, 0.15) is 2.85 Å². The van der Waals surface area contributed by atoms with Gasteiger partial charge >= 0.3 is 10.1 Å². The largest absolute Gasteiger partial charge is 2.00 e. The fraction of sp³-hybridized carbons (Fsp3) is 0. The SMILES string of the molecule is [Be+2].[Co].[H-].[H-].[Ti].[Zr]. The van der Waals surface area contributed by atoms with Crippen molar-refractivity contribution in [2.24, 2.45) is 0 Å². The third kappa shape index (κ3) is 8.86. The predicted octanol–water partition coefficient (Wildman–Crippen LogP) is -0.163. The molecule has 4 heteroatoms. The summed E-state index contributed by atoms with van der Waals surface area (Å²) in [6.45, 7) is 0. The Labute approximate surface area is 76.9 Å². The molecule has 0 atom stereocenters. The van der Waals surface area contributed by atoms with Crippen LogP contribution in [0.25, 0.3) is 0 Å². The van der Waals surface area contributed by atoms with Gasteiger partial charge in [-0.2, -0.15) is 0 Å². The molecule has 0 aromatic carbocycles. The minimum Gasteiger partial charge on any atom is -1.00 e. The summed E-state index contributed by atoms with van der Waals surface area (Å²) in [5.74, 6) is 0. The minimum atomic E-state index is 0. The van der Waals surface area contributed by atoms with E-state index in [2.05, 4.69) is 0 Å². The molecule has 0 bridgehead atoms. The molecule has 0 saturated carbocycles. The second-order valence-electron chi connectivity index (χ2n) is 0. The van der Waals surface area contributed by atoms with E-state index in [0.717, 1.165) is 0 Å². The smallest absolute Gasteiger partial charge is 1.00 e. The van der Waals surface area contributed by atoms with Gasteiger partial charge in [0.2, 0.25) is 0 Å². The fourth-order valence-electron chi connectivity index (χ4n) is 0. The Hall–Kier alpha value is 2.27. The van der Waals surface area contributed by atoms with E-state index in [4.69, 9.17) is 0 Å². The van der Waals surface area contributed by atoms with Crippen LogP contribution in [0, 0.1) is 0 Å². The molecule has 0 fully saturated rings. The van der Waals surface area contributed by atoms with E-state index >= 15 is 0 Å². The molecule has 1 radical (unpaired) electrons. The van der Waals surface area contributed by atoms with Gasteiger partial charge in [0, 0.05) is 64.7 Å². The van der Waals surface area contributed by atoms with E-state index in [9.17, 15) is 0 Å². The van der Waals surface area contributed by atoms with Crippen molar-refractivity contribution in [3.8, 4) is 0 Å². The molecule has 0 unspecified atom stereocenters. The van der Waals surface area contributed by atoms with Crippen LogP contribution in [-0.2, 0) is 64.7 Å². The third-order valence-electron chi connectivity index (χ3n) is 0. The topological polar surface area (TPSA) is 0 Å². The Morgan fingerprint density at radius 1 is 1.25 bits per heavy atom. The van der Waals surface area contributed by atoms with Crippen LogP contribution in [0.2, 0.25) is 0 Å². The summed E-state index contributed by atoms with van der Waals surface area (Å²) >= 11 is 0. The molecule has 4 heavy (non-hydrogen) atoms. The zero-order valence-corrected chi connectivity index (χ0v) is 7.10. The first-order valence-electron chi connectivity index (χ1n) is 0. The molecule has 0 heterocycles. The molecule has 21 valence electrons. The van der Waals surface area contributed by atoms with Crippen LogP contribution in [0.3, 0.4) is 0 Å². The first kappa shape index (κ1) is 33.8. The summed E-state index contributed by atoms with van der Waals surface area (Å²) in [5.41, 5.74) is 0. The van der Waals surface area contributed by atoms with Crippen LogP contribution in [0.15, 0.2) is 0 Å². The Morgan fingerprint density at radius 3 is 1.25 bits per heavy atom. The third-order valence-corrected chi connectivity index (χ3v) is 0. The van der Waals surface area contributed by atoms with Gasteiger partial charge in [0.1, 0.15) is 0 Å². The standard InChI is InChI=1S/Be.Co.Ti.Zr.2H/q+2;;;;2*-1. The van der Waals surface area contributed by atoms with E-state index in [1.54, 1.807) is 0 Å². The van der Waals surface area contributed by atoms with Crippen LogP contribution in [0.4, 0.5) is 0 Å². The summed E-state index contributed by atoms with van der Waals surface area (Å²) in [6, 6.07) is 0. The molecule has 0 rings (SSSR count). The van der Waals surface area contributed by atoms with Crippen LogP contribution >= 0.6 is 0 Å². The van der Waals surface area contributed by atoms with Gasteiger partial charge in [-0.1, -0.05) is 0 Å². The maximum absolute atomic E-state index is 0. The van der Waals surface area contributed by atoms with E-state index in [0.29, 0.717) is 0 Å². The first-order valence-corrected chi connectivity index (χ1v) is 0. The first-order chi connectivity index (χ1) is 0. The summed E-state index contributed by atoms with van der Waals surface area (Å²) < 4.78 is 0. The van der Waals surface area contributed by atoms with E-state index < -0.39 is 0 Å².